The molecule has 1 unspecified atom stereocenters. The quantitative estimate of drug-likeness (QED) is 0.613. The molecular formula is C16H17ClN2O2. The van der Waals surface area contributed by atoms with Gasteiger partial charge in [-0.05, 0) is 24.0 Å². The molecule has 110 valence electrons. The van der Waals surface area contributed by atoms with Crippen LogP contribution in [0.3, 0.4) is 0 Å². The Labute approximate surface area is 128 Å². The third kappa shape index (κ3) is 3.95. The molecule has 0 fully saturated rings. The lowest BCUT2D eigenvalue weighted by Crippen LogP contribution is -2.08. The van der Waals surface area contributed by atoms with Gasteiger partial charge in [-0.3, -0.25) is 10.1 Å². The molecule has 0 saturated heterocycles. The summed E-state index contributed by atoms with van der Waals surface area (Å²) >= 11 is 6.04. The van der Waals surface area contributed by atoms with E-state index in [-0.39, 0.29) is 5.69 Å². The Kier molecular flexibility index (Phi) is 5.17. The molecule has 0 saturated carbocycles. The van der Waals surface area contributed by atoms with Crippen LogP contribution in [-0.2, 0) is 0 Å². The van der Waals surface area contributed by atoms with E-state index in [1.807, 2.05) is 18.2 Å². The van der Waals surface area contributed by atoms with Gasteiger partial charge in [-0.25, -0.2) is 0 Å². The van der Waals surface area contributed by atoms with Crippen LogP contribution >= 0.6 is 11.6 Å². The highest BCUT2D eigenvalue weighted by Crippen LogP contribution is 2.32. The first-order chi connectivity index (χ1) is 10.1. The minimum absolute atomic E-state index is 0.00913. The van der Waals surface area contributed by atoms with Gasteiger partial charge in [-0.15, -0.1) is 0 Å². The molecule has 2 rings (SSSR count). The smallest absolute Gasteiger partial charge is 0.293 e. The van der Waals surface area contributed by atoms with Gasteiger partial charge in [0.05, 0.1) is 9.95 Å². The Balaban J connectivity index is 1.99. The number of nitrogens with zero attached hydrogens (tertiary/aromatic N) is 1. The van der Waals surface area contributed by atoms with E-state index in [1.165, 1.54) is 11.6 Å². The second-order valence-corrected chi connectivity index (χ2v) is 5.33. The zero-order valence-corrected chi connectivity index (χ0v) is 12.5. The summed E-state index contributed by atoms with van der Waals surface area (Å²) in [5.74, 6) is 0.375. The van der Waals surface area contributed by atoms with Gasteiger partial charge < -0.3 is 5.32 Å². The fourth-order valence-corrected chi connectivity index (χ4v) is 2.44. The molecule has 1 atom stereocenters. The second kappa shape index (κ2) is 7.09. The van der Waals surface area contributed by atoms with Crippen molar-refractivity contribution in [2.75, 3.05) is 11.9 Å². The number of nitro groups is 1. The SMILES string of the molecule is CC(CCNc1c(Cl)cccc1[N+](=O)[O-])c1ccccc1. The third-order valence-corrected chi connectivity index (χ3v) is 3.75. The number of nitrogens with one attached hydrogen (secondary N) is 1. The molecule has 0 aromatic heterocycles. The molecule has 2 aromatic carbocycles. The molecular weight excluding hydrogens is 288 g/mol. The lowest BCUT2D eigenvalue weighted by Gasteiger charge is -2.13. The van der Waals surface area contributed by atoms with Gasteiger partial charge in [0.2, 0.25) is 0 Å². The number of halogens is 1. The first kappa shape index (κ1) is 15.3. The Bertz CT molecular complexity index is 617. The summed E-state index contributed by atoms with van der Waals surface area (Å²) in [5.41, 5.74) is 1.66. The molecule has 0 heterocycles. The van der Waals surface area contributed by atoms with E-state index in [9.17, 15) is 10.1 Å². The van der Waals surface area contributed by atoms with Gasteiger partial charge in [-0.2, -0.15) is 0 Å². The van der Waals surface area contributed by atoms with E-state index in [1.54, 1.807) is 12.1 Å². The molecule has 0 aliphatic carbocycles. The molecule has 0 amide bonds. The van der Waals surface area contributed by atoms with Gasteiger partial charge in [0.15, 0.2) is 0 Å². The van der Waals surface area contributed by atoms with Crippen LogP contribution in [-0.4, -0.2) is 11.5 Å². The molecule has 0 spiro atoms. The summed E-state index contributed by atoms with van der Waals surface area (Å²) in [5, 5.41) is 14.5. The Hall–Kier alpha value is -2.07. The standard InChI is InChI=1S/C16H17ClN2O2/c1-12(13-6-3-2-4-7-13)10-11-18-16-14(17)8-5-9-15(16)19(20)21/h2-9,12,18H,10-11H2,1H3. The zero-order valence-electron chi connectivity index (χ0n) is 11.8. The van der Waals surface area contributed by atoms with E-state index in [2.05, 4.69) is 24.4 Å². The fraction of sp³-hybridized carbons (Fsp3) is 0.250. The van der Waals surface area contributed by atoms with Crippen LogP contribution in [0.25, 0.3) is 0 Å². The van der Waals surface area contributed by atoms with Gasteiger partial charge >= 0.3 is 0 Å². The molecule has 5 heteroatoms. The van der Waals surface area contributed by atoms with Crippen LogP contribution in [0.2, 0.25) is 5.02 Å². The number of hydrogen-bond donors (Lipinski definition) is 1. The van der Waals surface area contributed by atoms with Gasteiger partial charge in [0, 0.05) is 12.6 Å². The maximum atomic E-state index is 11.0. The average Bonchev–Trinajstić information content (AvgIpc) is 2.49. The van der Waals surface area contributed by atoms with Gasteiger partial charge in [0.25, 0.3) is 5.69 Å². The highest BCUT2D eigenvalue weighted by Gasteiger charge is 2.16. The zero-order chi connectivity index (χ0) is 15.2. The van der Waals surface area contributed by atoms with Crippen molar-refractivity contribution in [2.45, 2.75) is 19.3 Å². The van der Waals surface area contributed by atoms with E-state index in [4.69, 9.17) is 11.6 Å². The largest absolute Gasteiger partial charge is 0.378 e. The topological polar surface area (TPSA) is 55.2 Å². The number of para-hydroxylation sites is 1. The number of nitro benzene ring substituents is 1. The van der Waals surface area contributed by atoms with E-state index in [0.717, 1.165) is 6.42 Å². The Morgan fingerprint density at radius 3 is 2.57 bits per heavy atom. The van der Waals surface area contributed by atoms with E-state index < -0.39 is 4.92 Å². The van der Waals surface area contributed by atoms with Crippen molar-refractivity contribution in [3.05, 3.63) is 69.2 Å². The van der Waals surface area contributed by atoms with Crippen molar-refractivity contribution in [3.63, 3.8) is 0 Å². The van der Waals surface area contributed by atoms with Crippen molar-refractivity contribution in [1.29, 1.82) is 0 Å². The highest BCUT2D eigenvalue weighted by molar-refractivity contribution is 6.33. The Morgan fingerprint density at radius 1 is 1.19 bits per heavy atom. The normalized spacial score (nSPS) is 11.9. The lowest BCUT2D eigenvalue weighted by atomic mass is 9.98. The molecule has 1 N–H and O–H groups in total. The summed E-state index contributed by atoms with van der Waals surface area (Å²) in [4.78, 5) is 10.6. The van der Waals surface area contributed by atoms with Crippen LogP contribution in [0, 0.1) is 10.1 Å². The molecule has 0 bridgehead atoms. The minimum atomic E-state index is -0.422. The monoisotopic (exact) mass is 304 g/mol. The van der Waals surface area contributed by atoms with Crippen molar-refractivity contribution in [3.8, 4) is 0 Å². The van der Waals surface area contributed by atoms with Crippen LogP contribution in [0.5, 0.6) is 0 Å². The number of hydrogen-bond acceptors (Lipinski definition) is 3. The predicted molar refractivity (Wildman–Crippen MR) is 86.1 cm³/mol. The number of rotatable bonds is 6. The molecule has 21 heavy (non-hydrogen) atoms. The summed E-state index contributed by atoms with van der Waals surface area (Å²) in [6, 6.07) is 14.9. The van der Waals surface area contributed by atoms with E-state index in [0.29, 0.717) is 23.2 Å². The maximum Gasteiger partial charge on any atom is 0.293 e. The van der Waals surface area contributed by atoms with Crippen LogP contribution < -0.4 is 5.32 Å². The summed E-state index contributed by atoms with van der Waals surface area (Å²) in [6.07, 6.45) is 0.867. The van der Waals surface area contributed by atoms with Crippen molar-refractivity contribution in [2.24, 2.45) is 0 Å². The molecule has 4 nitrogen and oxygen atoms in total. The lowest BCUT2D eigenvalue weighted by molar-refractivity contribution is -0.383. The molecule has 0 aliphatic heterocycles. The summed E-state index contributed by atoms with van der Waals surface area (Å²) in [7, 11) is 0. The van der Waals surface area contributed by atoms with Crippen molar-refractivity contribution < 1.29 is 4.92 Å². The molecule has 2 aromatic rings. The predicted octanol–water partition coefficient (Wildman–Crippen LogP) is 4.85. The van der Waals surface area contributed by atoms with Crippen LogP contribution in [0.15, 0.2) is 48.5 Å². The average molecular weight is 305 g/mol. The third-order valence-electron chi connectivity index (χ3n) is 3.44. The number of benzene rings is 2. The minimum Gasteiger partial charge on any atom is -0.378 e. The first-order valence-electron chi connectivity index (χ1n) is 6.81. The van der Waals surface area contributed by atoms with Crippen LogP contribution in [0.1, 0.15) is 24.8 Å². The number of anilines is 1. The second-order valence-electron chi connectivity index (χ2n) is 4.92. The molecule has 0 radical (unpaired) electrons. The fourth-order valence-electron chi connectivity index (χ4n) is 2.20. The summed E-state index contributed by atoms with van der Waals surface area (Å²) < 4.78 is 0. The van der Waals surface area contributed by atoms with Gasteiger partial charge in [-0.1, -0.05) is 54.9 Å². The van der Waals surface area contributed by atoms with Gasteiger partial charge in [0.1, 0.15) is 5.69 Å². The maximum absolute atomic E-state index is 11.0. The molecule has 0 aliphatic rings. The van der Waals surface area contributed by atoms with Crippen molar-refractivity contribution >= 4 is 23.0 Å². The van der Waals surface area contributed by atoms with Crippen molar-refractivity contribution in [1.82, 2.24) is 0 Å². The van der Waals surface area contributed by atoms with E-state index >= 15 is 0 Å². The van der Waals surface area contributed by atoms with Crippen LogP contribution in [0.4, 0.5) is 11.4 Å². The first-order valence-corrected chi connectivity index (χ1v) is 7.19. The Morgan fingerprint density at radius 2 is 1.90 bits per heavy atom. The highest BCUT2D eigenvalue weighted by atomic mass is 35.5. The summed E-state index contributed by atoms with van der Waals surface area (Å²) in [6.45, 7) is 2.76.